The molecule has 0 aliphatic carbocycles. The van der Waals surface area contributed by atoms with Gasteiger partial charge in [-0.25, -0.2) is 9.48 Å². The maximum atomic E-state index is 11.0. The summed E-state index contributed by atoms with van der Waals surface area (Å²) in [4.78, 5) is 11.0. The fraction of sp³-hybridized carbons (Fsp3) is 0.0909. The number of halogens is 2. The van der Waals surface area contributed by atoms with Crippen LogP contribution < -0.4 is 0 Å². The van der Waals surface area contributed by atoms with E-state index in [1.807, 2.05) is 0 Å². The third-order valence-electron chi connectivity index (χ3n) is 2.20. The number of carboxylic acid groups (broad SMARTS) is 1. The van der Waals surface area contributed by atoms with Crippen molar-refractivity contribution in [3.63, 3.8) is 0 Å². The van der Waals surface area contributed by atoms with E-state index < -0.39 is 5.97 Å². The quantitative estimate of drug-likeness (QED) is 0.912. The first-order valence-electron chi connectivity index (χ1n) is 4.74. The Morgan fingerprint density at radius 2 is 2.00 bits per heavy atom. The van der Waals surface area contributed by atoms with Gasteiger partial charge in [0.2, 0.25) is 0 Å². The molecule has 2 aromatic rings. The van der Waals surface area contributed by atoms with Crippen LogP contribution in [0.25, 0.3) is 5.69 Å². The van der Waals surface area contributed by atoms with Crippen molar-refractivity contribution in [1.29, 1.82) is 0 Å². The van der Waals surface area contributed by atoms with Crippen molar-refractivity contribution in [3.8, 4) is 5.69 Å². The molecule has 1 aromatic heterocycles. The number of rotatable bonds is 2. The molecular weight excluding hydrogens is 263 g/mol. The van der Waals surface area contributed by atoms with Crippen LogP contribution in [0.15, 0.2) is 24.3 Å². The highest BCUT2D eigenvalue weighted by Gasteiger charge is 2.14. The van der Waals surface area contributed by atoms with Gasteiger partial charge in [0.25, 0.3) is 0 Å². The molecule has 1 aromatic carbocycles. The average Bonchev–Trinajstić information content (AvgIpc) is 2.64. The highest BCUT2D eigenvalue weighted by atomic mass is 35.5. The van der Waals surface area contributed by atoms with Crippen LogP contribution in [0, 0.1) is 6.92 Å². The van der Waals surface area contributed by atoms with Crippen molar-refractivity contribution in [3.05, 3.63) is 45.7 Å². The summed E-state index contributed by atoms with van der Waals surface area (Å²) in [5.41, 5.74) is 1.26. The lowest BCUT2D eigenvalue weighted by Gasteiger charge is -2.05. The molecule has 0 bridgehead atoms. The second kappa shape index (κ2) is 4.39. The summed E-state index contributed by atoms with van der Waals surface area (Å²) in [5.74, 6) is -1.04. The zero-order valence-electron chi connectivity index (χ0n) is 8.82. The summed E-state index contributed by atoms with van der Waals surface area (Å²) in [6.07, 6.45) is 0. The number of hydrogen-bond acceptors (Lipinski definition) is 2. The molecule has 1 heterocycles. The van der Waals surface area contributed by atoms with E-state index in [1.165, 1.54) is 10.7 Å². The molecular formula is C11H8Cl2N2O2. The van der Waals surface area contributed by atoms with Gasteiger partial charge in [0.1, 0.15) is 0 Å². The number of aromatic nitrogens is 2. The minimum absolute atomic E-state index is 0.0842. The fourth-order valence-corrected chi connectivity index (χ4v) is 1.76. The van der Waals surface area contributed by atoms with Gasteiger partial charge in [-0.15, -0.1) is 0 Å². The lowest BCUT2D eigenvalue weighted by molar-refractivity contribution is 0.0687. The smallest absolute Gasteiger partial charge is 0.354 e. The molecule has 1 N–H and O–H groups in total. The van der Waals surface area contributed by atoms with Gasteiger partial charge in [0.15, 0.2) is 5.69 Å². The van der Waals surface area contributed by atoms with E-state index >= 15 is 0 Å². The first-order chi connectivity index (χ1) is 7.99. The molecule has 0 fully saturated rings. The monoisotopic (exact) mass is 270 g/mol. The van der Waals surface area contributed by atoms with E-state index in [0.29, 0.717) is 21.4 Å². The third kappa shape index (κ3) is 2.28. The van der Waals surface area contributed by atoms with Gasteiger partial charge in [-0.2, -0.15) is 5.10 Å². The number of hydrogen-bond donors (Lipinski definition) is 1. The van der Waals surface area contributed by atoms with Crippen LogP contribution in [0.5, 0.6) is 0 Å². The van der Waals surface area contributed by atoms with Crippen molar-refractivity contribution in [2.75, 3.05) is 0 Å². The van der Waals surface area contributed by atoms with E-state index in [4.69, 9.17) is 28.3 Å². The first-order valence-corrected chi connectivity index (χ1v) is 5.50. The molecule has 0 radical (unpaired) electrons. The molecule has 0 amide bonds. The molecule has 0 atom stereocenters. The van der Waals surface area contributed by atoms with Gasteiger partial charge in [-0.1, -0.05) is 23.2 Å². The van der Waals surface area contributed by atoms with E-state index in [1.54, 1.807) is 25.1 Å². The van der Waals surface area contributed by atoms with Crippen LogP contribution in [-0.4, -0.2) is 20.9 Å². The van der Waals surface area contributed by atoms with Crippen LogP contribution in [0.4, 0.5) is 0 Å². The van der Waals surface area contributed by atoms with Crippen LogP contribution in [0.2, 0.25) is 10.0 Å². The van der Waals surface area contributed by atoms with Crippen molar-refractivity contribution >= 4 is 29.2 Å². The van der Waals surface area contributed by atoms with Gasteiger partial charge in [0, 0.05) is 0 Å². The van der Waals surface area contributed by atoms with Gasteiger partial charge in [-0.05, 0) is 31.2 Å². The topological polar surface area (TPSA) is 55.1 Å². The summed E-state index contributed by atoms with van der Waals surface area (Å²) in [6, 6.07) is 6.32. The molecule has 0 aliphatic heterocycles. The predicted molar refractivity (Wildman–Crippen MR) is 65.3 cm³/mol. The molecule has 4 nitrogen and oxygen atoms in total. The highest BCUT2D eigenvalue weighted by molar-refractivity contribution is 6.42. The standard InChI is InChI=1S/C11H8Cl2N2O2/c1-6-4-10(11(16)17)15(14-6)7-2-3-8(12)9(13)5-7/h2-5H,1H3,(H,16,17). The Hall–Kier alpha value is -1.52. The predicted octanol–water partition coefficient (Wildman–Crippen LogP) is 3.19. The molecule has 17 heavy (non-hydrogen) atoms. The fourth-order valence-electron chi connectivity index (χ4n) is 1.47. The van der Waals surface area contributed by atoms with Gasteiger partial charge >= 0.3 is 5.97 Å². The second-order valence-corrected chi connectivity index (χ2v) is 4.30. The summed E-state index contributed by atoms with van der Waals surface area (Å²) in [5, 5.41) is 13.9. The number of aromatic carboxylic acids is 1. The summed E-state index contributed by atoms with van der Waals surface area (Å²) < 4.78 is 1.32. The molecule has 0 unspecified atom stereocenters. The van der Waals surface area contributed by atoms with Gasteiger partial charge < -0.3 is 5.11 Å². The maximum Gasteiger partial charge on any atom is 0.354 e. The van der Waals surface area contributed by atoms with E-state index in [-0.39, 0.29) is 5.69 Å². The van der Waals surface area contributed by atoms with Crippen molar-refractivity contribution in [2.24, 2.45) is 0 Å². The zero-order valence-corrected chi connectivity index (χ0v) is 10.3. The Labute approximate surface area is 107 Å². The molecule has 0 saturated carbocycles. The van der Waals surface area contributed by atoms with Crippen molar-refractivity contribution in [1.82, 2.24) is 9.78 Å². The third-order valence-corrected chi connectivity index (χ3v) is 2.94. The van der Waals surface area contributed by atoms with E-state index in [0.717, 1.165) is 0 Å². The minimum Gasteiger partial charge on any atom is -0.477 e. The first kappa shape index (κ1) is 12.0. The lowest BCUT2D eigenvalue weighted by Crippen LogP contribution is -2.07. The number of benzene rings is 1. The lowest BCUT2D eigenvalue weighted by atomic mass is 10.3. The SMILES string of the molecule is Cc1cc(C(=O)O)n(-c2ccc(Cl)c(Cl)c2)n1. The van der Waals surface area contributed by atoms with Crippen LogP contribution in [0.1, 0.15) is 16.2 Å². The van der Waals surface area contributed by atoms with Crippen LogP contribution in [-0.2, 0) is 0 Å². The Morgan fingerprint density at radius 3 is 2.59 bits per heavy atom. The van der Waals surface area contributed by atoms with Gasteiger partial charge in [0.05, 0.1) is 21.4 Å². The minimum atomic E-state index is -1.04. The Morgan fingerprint density at radius 1 is 1.29 bits per heavy atom. The maximum absolute atomic E-state index is 11.0. The molecule has 0 saturated heterocycles. The molecule has 0 spiro atoms. The van der Waals surface area contributed by atoms with Crippen molar-refractivity contribution < 1.29 is 9.90 Å². The van der Waals surface area contributed by atoms with Crippen LogP contribution in [0.3, 0.4) is 0 Å². The van der Waals surface area contributed by atoms with E-state index in [9.17, 15) is 4.79 Å². The number of carbonyl (C=O) groups is 1. The molecule has 0 aliphatic rings. The van der Waals surface area contributed by atoms with Gasteiger partial charge in [-0.3, -0.25) is 0 Å². The Kier molecular flexibility index (Phi) is 3.09. The number of carboxylic acids is 1. The Bertz CT molecular complexity index is 593. The average molecular weight is 271 g/mol. The number of aryl methyl sites for hydroxylation is 1. The number of nitrogens with zero attached hydrogens (tertiary/aromatic N) is 2. The highest BCUT2D eigenvalue weighted by Crippen LogP contribution is 2.25. The zero-order chi connectivity index (χ0) is 12.6. The summed E-state index contributed by atoms with van der Waals surface area (Å²) >= 11 is 11.7. The van der Waals surface area contributed by atoms with Crippen molar-refractivity contribution in [2.45, 2.75) is 6.92 Å². The normalized spacial score (nSPS) is 10.5. The largest absolute Gasteiger partial charge is 0.477 e. The molecule has 6 heteroatoms. The molecule has 88 valence electrons. The molecule has 2 rings (SSSR count). The Balaban J connectivity index is 2.59. The van der Waals surface area contributed by atoms with E-state index in [2.05, 4.69) is 5.10 Å². The van der Waals surface area contributed by atoms with Crippen LogP contribution >= 0.6 is 23.2 Å². The second-order valence-electron chi connectivity index (χ2n) is 3.49. The summed E-state index contributed by atoms with van der Waals surface area (Å²) in [7, 11) is 0. The summed E-state index contributed by atoms with van der Waals surface area (Å²) in [6.45, 7) is 1.72.